The maximum Gasteiger partial charge on any atom is 0.0237 e. The van der Waals surface area contributed by atoms with Crippen LogP contribution >= 0.6 is 0 Å². The van der Waals surface area contributed by atoms with Crippen LogP contribution in [-0.4, -0.2) is 37.0 Å². The fourth-order valence-corrected chi connectivity index (χ4v) is 3.33. The van der Waals surface area contributed by atoms with E-state index in [1.54, 1.807) is 0 Å². The Morgan fingerprint density at radius 3 is 2.14 bits per heavy atom. The third-order valence-electron chi connectivity index (χ3n) is 4.40. The van der Waals surface area contributed by atoms with E-state index < -0.39 is 0 Å². The van der Waals surface area contributed by atoms with Gasteiger partial charge in [0.25, 0.3) is 0 Å². The number of piperidine rings is 1. The summed E-state index contributed by atoms with van der Waals surface area (Å²) >= 11 is 0. The number of hydrogen-bond donors (Lipinski definition) is 0. The molecule has 0 aliphatic carbocycles. The van der Waals surface area contributed by atoms with E-state index in [2.05, 4.69) is 60.3 Å². The molecule has 2 aromatic carbocycles. The summed E-state index contributed by atoms with van der Waals surface area (Å²) in [5.74, 6) is 0. The van der Waals surface area contributed by atoms with Crippen LogP contribution in [-0.2, 0) is 13.1 Å². The monoisotopic (exact) mass is 282 g/mol. The second-order valence-corrected chi connectivity index (χ2v) is 6.54. The lowest BCUT2D eigenvalue weighted by atomic mass is 9.99. The molecule has 2 nitrogen and oxygen atoms in total. The fourth-order valence-electron chi connectivity index (χ4n) is 3.33. The number of benzene rings is 2. The van der Waals surface area contributed by atoms with Gasteiger partial charge in [0.2, 0.25) is 0 Å². The van der Waals surface area contributed by atoms with Crippen LogP contribution in [0.2, 0.25) is 0 Å². The number of rotatable bonds is 4. The highest BCUT2D eigenvalue weighted by Crippen LogP contribution is 2.23. The molecule has 1 heterocycles. The molecule has 1 aliphatic heterocycles. The van der Waals surface area contributed by atoms with Gasteiger partial charge in [0.15, 0.2) is 0 Å². The van der Waals surface area contributed by atoms with Crippen LogP contribution in [0.1, 0.15) is 30.4 Å². The molecule has 0 spiro atoms. The molecule has 1 fully saturated rings. The molecule has 0 unspecified atom stereocenters. The van der Waals surface area contributed by atoms with Crippen molar-refractivity contribution >= 4 is 10.8 Å². The Kier molecular flexibility index (Phi) is 4.57. The van der Waals surface area contributed by atoms with Gasteiger partial charge in [-0.2, -0.15) is 0 Å². The van der Waals surface area contributed by atoms with E-state index in [4.69, 9.17) is 0 Å². The van der Waals surface area contributed by atoms with Gasteiger partial charge >= 0.3 is 0 Å². The molecular weight excluding hydrogens is 256 g/mol. The minimum absolute atomic E-state index is 1.02. The Hall–Kier alpha value is -1.38. The maximum atomic E-state index is 2.62. The van der Waals surface area contributed by atoms with Crippen molar-refractivity contribution < 1.29 is 0 Å². The molecule has 112 valence electrons. The zero-order valence-electron chi connectivity index (χ0n) is 13.3. The third-order valence-corrected chi connectivity index (χ3v) is 4.40. The van der Waals surface area contributed by atoms with Crippen molar-refractivity contribution in [2.24, 2.45) is 0 Å². The standard InChI is InChI=1S/C19H26N2/c1-20(2)14-18-12-16-8-4-5-9-17(16)13-19(18)15-21-10-6-3-7-11-21/h4-5,8-9,12-13H,3,6-7,10-11,14-15H2,1-2H3. The number of hydrogen-bond acceptors (Lipinski definition) is 2. The fraction of sp³-hybridized carbons (Fsp3) is 0.474. The molecule has 0 atom stereocenters. The largest absolute Gasteiger partial charge is 0.305 e. The molecule has 21 heavy (non-hydrogen) atoms. The Balaban J connectivity index is 1.92. The van der Waals surface area contributed by atoms with Crippen molar-refractivity contribution in [3.63, 3.8) is 0 Å². The van der Waals surface area contributed by atoms with Crippen LogP contribution in [0.5, 0.6) is 0 Å². The van der Waals surface area contributed by atoms with Crippen LogP contribution in [0.4, 0.5) is 0 Å². The van der Waals surface area contributed by atoms with Crippen molar-refractivity contribution in [1.82, 2.24) is 9.80 Å². The number of likely N-dealkylation sites (tertiary alicyclic amines) is 1. The third kappa shape index (κ3) is 3.63. The molecule has 0 saturated carbocycles. The molecule has 1 aliphatic rings. The Bertz CT molecular complexity index is 598. The van der Waals surface area contributed by atoms with Gasteiger partial charge in [-0.25, -0.2) is 0 Å². The predicted octanol–water partition coefficient (Wildman–Crippen LogP) is 3.89. The van der Waals surface area contributed by atoms with Gasteiger partial charge in [-0.3, -0.25) is 4.90 Å². The van der Waals surface area contributed by atoms with Crippen molar-refractivity contribution in [2.75, 3.05) is 27.2 Å². The average molecular weight is 282 g/mol. The van der Waals surface area contributed by atoms with E-state index >= 15 is 0 Å². The summed E-state index contributed by atoms with van der Waals surface area (Å²) in [6, 6.07) is 13.5. The summed E-state index contributed by atoms with van der Waals surface area (Å²) in [5.41, 5.74) is 2.98. The van der Waals surface area contributed by atoms with Crippen LogP contribution < -0.4 is 0 Å². The van der Waals surface area contributed by atoms with E-state index in [9.17, 15) is 0 Å². The van der Waals surface area contributed by atoms with Crippen molar-refractivity contribution in [3.05, 3.63) is 47.5 Å². The van der Waals surface area contributed by atoms with E-state index in [0.717, 1.165) is 13.1 Å². The quantitative estimate of drug-likeness (QED) is 0.839. The Labute approximate surface area is 128 Å². The number of fused-ring (bicyclic) bond motifs is 1. The first kappa shape index (κ1) is 14.6. The van der Waals surface area contributed by atoms with Gasteiger partial charge < -0.3 is 4.90 Å². The topological polar surface area (TPSA) is 6.48 Å². The zero-order chi connectivity index (χ0) is 14.7. The van der Waals surface area contributed by atoms with Crippen molar-refractivity contribution in [1.29, 1.82) is 0 Å². The lowest BCUT2D eigenvalue weighted by Crippen LogP contribution is -2.29. The normalized spacial score (nSPS) is 16.7. The van der Waals surface area contributed by atoms with Crippen molar-refractivity contribution in [3.8, 4) is 0 Å². The van der Waals surface area contributed by atoms with E-state index in [1.165, 1.54) is 54.3 Å². The first-order valence-electron chi connectivity index (χ1n) is 8.10. The molecule has 0 N–H and O–H groups in total. The SMILES string of the molecule is CN(C)Cc1cc2ccccc2cc1CN1CCCCC1. The molecular formula is C19H26N2. The molecule has 2 aromatic rings. The summed E-state index contributed by atoms with van der Waals surface area (Å²) in [4.78, 5) is 4.89. The second kappa shape index (κ2) is 6.59. The second-order valence-electron chi connectivity index (χ2n) is 6.54. The maximum absolute atomic E-state index is 2.62. The average Bonchev–Trinajstić information content (AvgIpc) is 2.48. The van der Waals surface area contributed by atoms with Gasteiger partial charge in [0, 0.05) is 13.1 Å². The predicted molar refractivity (Wildman–Crippen MR) is 90.5 cm³/mol. The van der Waals surface area contributed by atoms with E-state index in [0.29, 0.717) is 0 Å². The highest BCUT2D eigenvalue weighted by atomic mass is 15.1. The van der Waals surface area contributed by atoms with Gasteiger partial charge in [-0.1, -0.05) is 30.7 Å². The molecule has 0 radical (unpaired) electrons. The number of nitrogens with zero attached hydrogens (tertiary/aromatic N) is 2. The van der Waals surface area contributed by atoms with Gasteiger partial charge in [-0.15, -0.1) is 0 Å². The van der Waals surface area contributed by atoms with Gasteiger partial charge in [0.1, 0.15) is 0 Å². The first-order valence-corrected chi connectivity index (χ1v) is 8.10. The molecule has 0 bridgehead atoms. The van der Waals surface area contributed by atoms with Gasteiger partial charge in [0.05, 0.1) is 0 Å². The van der Waals surface area contributed by atoms with Crippen LogP contribution in [0.3, 0.4) is 0 Å². The minimum atomic E-state index is 1.02. The van der Waals surface area contributed by atoms with Crippen LogP contribution in [0.25, 0.3) is 10.8 Å². The van der Waals surface area contributed by atoms with E-state index in [1.807, 2.05) is 0 Å². The molecule has 1 saturated heterocycles. The highest BCUT2D eigenvalue weighted by Gasteiger charge is 2.13. The summed E-state index contributed by atoms with van der Waals surface area (Å²) < 4.78 is 0. The Morgan fingerprint density at radius 2 is 1.52 bits per heavy atom. The lowest BCUT2D eigenvalue weighted by molar-refractivity contribution is 0.219. The first-order chi connectivity index (χ1) is 10.2. The highest BCUT2D eigenvalue weighted by molar-refractivity contribution is 5.84. The van der Waals surface area contributed by atoms with Crippen molar-refractivity contribution in [2.45, 2.75) is 32.4 Å². The molecule has 0 aromatic heterocycles. The summed E-state index contributed by atoms with van der Waals surface area (Å²) in [7, 11) is 4.31. The summed E-state index contributed by atoms with van der Waals surface area (Å²) in [6.45, 7) is 4.64. The van der Waals surface area contributed by atoms with E-state index in [-0.39, 0.29) is 0 Å². The molecule has 3 rings (SSSR count). The zero-order valence-corrected chi connectivity index (χ0v) is 13.3. The molecule has 2 heteroatoms. The smallest absolute Gasteiger partial charge is 0.0237 e. The van der Waals surface area contributed by atoms with Crippen LogP contribution in [0, 0.1) is 0 Å². The van der Waals surface area contributed by atoms with Crippen LogP contribution in [0.15, 0.2) is 36.4 Å². The summed E-state index contributed by atoms with van der Waals surface area (Å²) in [6.07, 6.45) is 4.12. The Morgan fingerprint density at radius 1 is 0.905 bits per heavy atom. The summed E-state index contributed by atoms with van der Waals surface area (Å²) in [5, 5.41) is 2.73. The van der Waals surface area contributed by atoms with Gasteiger partial charge in [-0.05, 0) is 74.1 Å². The minimum Gasteiger partial charge on any atom is -0.305 e. The molecule has 0 amide bonds. The lowest BCUT2D eigenvalue weighted by Gasteiger charge is -2.28.